The topological polar surface area (TPSA) is 95.3 Å². The third-order valence-corrected chi connectivity index (χ3v) is 6.98. The predicted molar refractivity (Wildman–Crippen MR) is 129 cm³/mol. The maximum absolute atomic E-state index is 12.9. The molecule has 0 radical (unpaired) electrons. The standard InChI is InChI=1S/C25H29ClN6O3/c1-24(2,3)35-23(33)31-14-17-13-18(6-7-20(17)32-16-28-29-21(32)15-31)25(26)10-8-19(9-11-25)34-22-5-4-12-27-30-22/h4-7,12-13,16,19H,8-11,14-15H2,1-3H3. The van der Waals surface area contributed by atoms with Crippen molar-refractivity contribution in [2.75, 3.05) is 0 Å². The molecule has 9 nitrogen and oxygen atoms in total. The quantitative estimate of drug-likeness (QED) is 0.482. The number of aromatic nitrogens is 5. The van der Waals surface area contributed by atoms with Gasteiger partial charge in [0.2, 0.25) is 5.88 Å². The monoisotopic (exact) mass is 496 g/mol. The smallest absolute Gasteiger partial charge is 0.411 e. The summed E-state index contributed by atoms with van der Waals surface area (Å²) >= 11 is 7.20. The SMILES string of the molecule is CC(C)(C)OC(=O)N1Cc2cc(C3(Cl)CCC(Oc4cccnn4)CC3)ccc2-n2cnnc2C1. The fraction of sp³-hybridized carbons (Fsp3) is 0.480. The molecule has 0 unspecified atom stereocenters. The fourth-order valence-electron chi connectivity index (χ4n) is 4.66. The molecule has 184 valence electrons. The van der Waals surface area contributed by atoms with Crippen LogP contribution >= 0.6 is 11.6 Å². The third kappa shape index (κ3) is 5.10. The molecule has 10 heteroatoms. The van der Waals surface area contributed by atoms with E-state index in [1.165, 1.54) is 0 Å². The average Bonchev–Trinajstić information content (AvgIpc) is 3.21. The molecule has 1 aromatic carbocycles. The first kappa shape index (κ1) is 23.5. The normalized spacial score (nSPS) is 22.1. The van der Waals surface area contributed by atoms with Crippen molar-refractivity contribution in [3.8, 4) is 11.6 Å². The summed E-state index contributed by atoms with van der Waals surface area (Å²) in [7, 11) is 0. The highest BCUT2D eigenvalue weighted by Gasteiger charge is 2.37. The first-order valence-electron chi connectivity index (χ1n) is 11.8. The number of carbonyl (C=O) groups is 1. The van der Waals surface area contributed by atoms with Crippen LogP contribution in [-0.4, -0.2) is 47.7 Å². The van der Waals surface area contributed by atoms with Crippen LogP contribution in [0.5, 0.6) is 5.88 Å². The van der Waals surface area contributed by atoms with Crippen LogP contribution in [0.3, 0.4) is 0 Å². The van der Waals surface area contributed by atoms with E-state index in [4.69, 9.17) is 21.1 Å². The molecule has 5 rings (SSSR count). The van der Waals surface area contributed by atoms with Gasteiger partial charge in [-0.2, -0.15) is 5.10 Å². The number of hydrogen-bond donors (Lipinski definition) is 0. The number of alkyl halides is 1. The van der Waals surface area contributed by atoms with E-state index in [0.29, 0.717) is 24.8 Å². The zero-order valence-corrected chi connectivity index (χ0v) is 20.9. The number of amides is 1. The molecule has 1 amide bonds. The zero-order chi connectivity index (χ0) is 24.6. The Bertz CT molecular complexity index is 1200. The summed E-state index contributed by atoms with van der Waals surface area (Å²) in [4.78, 5) is 14.1. The second-order valence-electron chi connectivity index (χ2n) is 10.1. The molecule has 0 N–H and O–H groups in total. The number of rotatable bonds is 3. The Kier molecular flexibility index (Phi) is 6.13. The van der Waals surface area contributed by atoms with Gasteiger partial charge in [-0.1, -0.05) is 12.1 Å². The van der Waals surface area contributed by atoms with Crippen LogP contribution in [0, 0.1) is 0 Å². The largest absolute Gasteiger partial charge is 0.473 e. The summed E-state index contributed by atoms with van der Waals surface area (Å²) in [5, 5.41) is 16.2. The summed E-state index contributed by atoms with van der Waals surface area (Å²) in [5.41, 5.74) is 2.37. The van der Waals surface area contributed by atoms with Crippen LogP contribution in [0.2, 0.25) is 0 Å². The van der Waals surface area contributed by atoms with Crippen molar-refractivity contribution in [2.45, 2.75) is 76.1 Å². The highest BCUT2D eigenvalue weighted by atomic mass is 35.5. The van der Waals surface area contributed by atoms with Crippen LogP contribution in [0.25, 0.3) is 5.69 Å². The van der Waals surface area contributed by atoms with Crippen molar-refractivity contribution in [2.24, 2.45) is 0 Å². The Hall–Kier alpha value is -3.20. The van der Waals surface area contributed by atoms with Gasteiger partial charge >= 0.3 is 6.09 Å². The molecule has 0 saturated heterocycles. The van der Waals surface area contributed by atoms with Gasteiger partial charge in [-0.3, -0.25) is 9.47 Å². The van der Waals surface area contributed by atoms with E-state index in [-0.39, 0.29) is 12.2 Å². The number of benzene rings is 1. The molecule has 1 fully saturated rings. The molecule has 3 aromatic rings. The molecule has 0 atom stereocenters. The number of carbonyl (C=O) groups excluding carboxylic acids is 1. The number of nitrogens with zero attached hydrogens (tertiary/aromatic N) is 6. The van der Waals surface area contributed by atoms with Crippen molar-refractivity contribution in [1.82, 2.24) is 29.9 Å². The van der Waals surface area contributed by atoms with Gasteiger partial charge < -0.3 is 9.47 Å². The van der Waals surface area contributed by atoms with Crippen LogP contribution < -0.4 is 4.74 Å². The van der Waals surface area contributed by atoms with Gasteiger partial charge in [0.1, 0.15) is 18.0 Å². The average molecular weight is 497 g/mol. The van der Waals surface area contributed by atoms with Gasteiger partial charge in [0.05, 0.1) is 23.7 Å². The minimum Gasteiger partial charge on any atom is -0.473 e. The summed E-state index contributed by atoms with van der Waals surface area (Å²) in [6, 6.07) is 9.86. The van der Waals surface area contributed by atoms with Gasteiger partial charge in [-0.25, -0.2) is 4.79 Å². The molecular weight excluding hydrogens is 468 g/mol. The van der Waals surface area contributed by atoms with Gasteiger partial charge in [0.15, 0.2) is 5.82 Å². The summed E-state index contributed by atoms with van der Waals surface area (Å²) in [6.07, 6.45) is 6.15. The zero-order valence-electron chi connectivity index (χ0n) is 20.1. The van der Waals surface area contributed by atoms with E-state index in [2.05, 4.69) is 32.5 Å². The van der Waals surface area contributed by atoms with E-state index in [9.17, 15) is 4.79 Å². The molecule has 1 saturated carbocycles. The number of ether oxygens (including phenoxy) is 2. The third-order valence-electron chi connectivity index (χ3n) is 6.38. The molecule has 1 aliphatic heterocycles. The maximum atomic E-state index is 12.9. The Labute approximate surface area is 209 Å². The molecule has 35 heavy (non-hydrogen) atoms. The van der Waals surface area contributed by atoms with Crippen molar-refractivity contribution in [3.05, 3.63) is 59.8 Å². The van der Waals surface area contributed by atoms with Gasteiger partial charge in [0.25, 0.3) is 0 Å². The number of hydrogen-bond acceptors (Lipinski definition) is 7. The van der Waals surface area contributed by atoms with Gasteiger partial charge in [0, 0.05) is 12.3 Å². The lowest BCUT2D eigenvalue weighted by Gasteiger charge is -2.36. The highest BCUT2D eigenvalue weighted by Crippen LogP contribution is 2.44. The number of fused-ring (bicyclic) bond motifs is 3. The lowest BCUT2D eigenvalue weighted by atomic mass is 9.81. The molecule has 0 spiro atoms. The van der Waals surface area contributed by atoms with Crippen LogP contribution in [0.1, 0.15) is 63.4 Å². The molecular formula is C25H29ClN6O3. The van der Waals surface area contributed by atoms with Crippen molar-refractivity contribution in [3.63, 3.8) is 0 Å². The lowest BCUT2D eigenvalue weighted by molar-refractivity contribution is 0.0214. The van der Waals surface area contributed by atoms with Crippen molar-refractivity contribution >= 4 is 17.7 Å². The first-order valence-corrected chi connectivity index (χ1v) is 12.2. The van der Waals surface area contributed by atoms with Crippen molar-refractivity contribution < 1.29 is 14.3 Å². The number of halogens is 1. The molecule has 1 aliphatic carbocycles. The molecule has 2 aromatic heterocycles. The second-order valence-corrected chi connectivity index (χ2v) is 10.9. The summed E-state index contributed by atoms with van der Waals surface area (Å²) in [5.74, 6) is 1.22. The predicted octanol–water partition coefficient (Wildman–Crippen LogP) is 4.76. The first-order chi connectivity index (χ1) is 16.7. The Morgan fingerprint density at radius 3 is 2.63 bits per heavy atom. The lowest BCUT2D eigenvalue weighted by Crippen LogP contribution is -2.36. The Morgan fingerprint density at radius 2 is 1.91 bits per heavy atom. The van der Waals surface area contributed by atoms with E-state index in [1.807, 2.05) is 43.5 Å². The van der Waals surface area contributed by atoms with E-state index in [1.54, 1.807) is 17.4 Å². The summed E-state index contributed by atoms with van der Waals surface area (Å²) in [6.45, 7) is 6.29. The van der Waals surface area contributed by atoms with Crippen LogP contribution in [0.4, 0.5) is 4.79 Å². The maximum Gasteiger partial charge on any atom is 0.411 e. The Morgan fingerprint density at radius 1 is 1.11 bits per heavy atom. The van der Waals surface area contributed by atoms with E-state index < -0.39 is 10.5 Å². The van der Waals surface area contributed by atoms with Gasteiger partial charge in [-0.15, -0.1) is 26.9 Å². The minimum atomic E-state index is -0.589. The molecule has 0 bridgehead atoms. The second kappa shape index (κ2) is 9.11. The van der Waals surface area contributed by atoms with Crippen LogP contribution in [-0.2, 0) is 22.7 Å². The fourth-order valence-corrected chi connectivity index (χ4v) is 4.99. The highest BCUT2D eigenvalue weighted by molar-refractivity contribution is 6.24. The Balaban J connectivity index is 1.37. The molecule has 2 aliphatic rings. The minimum absolute atomic E-state index is 0.0571. The van der Waals surface area contributed by atoms with E-state index in [0.717, 1.165) is 42.5 Å². The van der Waals surface area contributed by atoms with Crippen molar-refractivity contribution in [1.29, 1.82) is 0 Å². The van der Waals surface area contributed by atoms with Gasteiger partial charge in [-0.05, 0) is 69.7 Å². The summed E-state index contributed by atoms with van der Waals surface area (Å²) < 4.78 is 13.6. The van der Waals surface area contributed by atoms with E-state index >= 15 is 0 Å². The van der Waals surface area contributed by atoms with Crippen LogP contribution in [0.15, 0.2) is 42.9 Å². The molecule has 3 heterocycles.